The van der Waals surface area contributed by atoms with Gasteiger partial charge in [-0.15, -0.1) is 0 Å². The fraction of sp³-hybridized carbons (Fsp3) is 0.444. The Morgan fingerprint density at radius 2 is 1.97 bits per heavy atom. The van der Waals surface area contributed by atoms with Gasteiger partial charge in [0.05, 0.1) is 11.4 Å². The van der Waals surface area contributed by atoms with Crippen molar-refractivity contribution in [2.75, 3.05) is 19.7 Å². The van der Waals surface area contributed by atoms with Crippen molar-refractivity contribution in [1.82, 2.24) is 14.7 Å². The number of hydrogen-bond acceptors (Lipinski definition) is 4. The Bertz CT molecular complexity index is 1110. The summed E-state index contributed by atoms with van der Waals surface area (Å²) in [5.41, 5.74) is 4.05. The first-order valence-corrected chi connectivity index (χ1v) is 11.8. The van der Waals surface area contributed by atoms with E-state index >= 15 is 0 Å². The van der Waals surface area contributed by atoms with Crippen molar-refractivity contribution in [3.63, 3.8) is 0 Å². The highest BCUT2D eigenvalue weighted by atomic mass is 19.3. The molecule has 2 aromatic carbocycles. The number of likely N-dealkylation sites (tertiary alicyclic amines) is 1. The van der Waals surface area contributed by atoms with Crippen LogP contribution >= 0.6 is 0 Å². The highest BCUT2D eigenvalue weighted by molar-refractivity contribution is 5.63. The van der Waals surface area contributed by atoms with Crippen molar-refractivity contribution in [2.24, 2.45) is 11.3 Å². The van der Waals surface area contributed by atoms with E-state index in [1.807, 2.05) is 55.6 Å². The lowest BCUT2D eigenvalue weighted by molar-refractivity contribution is -0.0509. The minimum Gasteiger partial charge on any atom is -0.434 e. The van der Waals surface area contributed by atoms with Crippen LogP contribution in [0.5, 0.6) is 5.75 Å². The van der Waals surface area contributed by atoms with Crippen molar-refractivity contribution in [1.29, 1.82) is 0 Å². The van der Waals surface area contributed by atoms with Crippen LogP contribution in [0.2, 0.25) is 0 Å². The van der Waals surface area contributed by atoms with E-state index in [4.69, 9.17) is 4.74 Å². The monoisotopic (exact) mass is 469 g/mol. The zero-order valence-corrected chi connectivity index (χ0v) is 20.0. The van der Waals surface area contributed by atoms with E-state index in [2.05, 4.69) is 23.8 Å². The predicted molar refractivity (Wildman–Crippen MR) is 129 cm³/mol. The van der Waals surface area contributed by atoms with Gasteiger partial charge in [0.1, 0.15) is 5.75 Å². The number of nitrogens with zero attached hydrogens (tertiary/aromatic N) is 3. The summed E-state index contributed by atoms with van der Waals surface area (Å²) in [6.07, 6.45) is 3.95. The third kappa shape index (κ3) is 5.47. The maximum Gasteiger partial charge on any atom is 0.387 e. The van der Waals surface area contributed by atoms with Crippen LogP contribution in [0.15, 0.2) is 54.7 Å². The van der Waals surface area contributed by atoms with E-state index in [9.17, 15) is 13.9 Å². The molecule has 2 heterocycles. The van der Waals surface area contributed by atoms with Crippen LogP contribution < -0.4 is 4.74 Å². The Hall–Kier alpha value is -2.77. The number of para-hydroxylation sites is 1. The van der Waals surface area contributed by atoms with Gasteiger partial charge in [0.25, 0.3) is 0 Å². The lowest BCUT2D eigenvalue weighted by Crippen LogP contribution is -2.42. The van der Waals surface area contributed by atoms with E-state index < -0.39 is 6.61 Å². The molecule has 1 aromatic heterocycles. The lowest BCUT2D eigenvalue weighted by Gasteiger charge is -2.40. The molecule has 0 amide bonds. The van der Waals surface area contributed by atoms with E-state index in [0.717, 1.165) is 48.3 Å². The molecule has 1 aliphatic rings. The molecule has 0 unspecified atom stereocenters. The van der Waals surface area contributed by atoms with Crippen LogP contribution in [0, 0.1) is 18.3 Å². The number of aliphatic hydroxyl groups is 1. The largest absolute Gasteiger partial charge is 0.434 e. The highest BCUT2D eigenvalue weighted by Gasteiger charge is 2.33. The van der Waals surface area contributed by atoms with Crippen molar-refractivity contribution in [2.45, 2.75) is 46.8 Å². The van der Waals surface area contributed by atoms with Crippen molar-refractivity contribution in [3.8, 4) is 22.7 Å². The van der Waals surface area contributed by atoms with Crippen molar-refractivity contribution >= 4 is 0 Å². The zero-order chi connectivity index (χ0) is 24.3. The first-order valence-electron chi connectivity index (χ1n) is 11.8. The summed E-state index contributed by atoms with van der Waals surface area (Å²) in [7, 11) is 0. The van der Waals surface area contributed by atoms with Gasteiger partial charge < -0.3 is 9.84 Å². The van der Waals surface area contributed by atoms with Gasteiger partial charge in [-0.1, -0.05) is 44.2 Å². The summed E-state index contributed by atoms with van der Waals surface area (Å²) < 4.78 is 33.3. The zero-order valence-electron chi connectivity index (χ0n) is 20.0. The average molecular weight is 470 g/mol. The minimum atomic E-state index is -2.90. The van der Waals surface area contributed by atoms with Gasteiger partial charge in [-0.25, -0.2) is 4.68 Å². The standard InChI is InChI=1S/C27H33F2N3O2/c1-19-7-4-5-9-24(19)32-14-12-23(30-32)20-10-11-21(25(15-20)34-26(28)29)16-31-13-6-8-22(17-31)27(2,3)18-33/h4-5,7,9-12,14-15,22,26,33H,6,8,13,16-18H2,1-3H3/t22-/m0/s1. The SMILES string of the molecule is Cc1ccccc1-n1ccc(-c2ccc(CN3CCC[C@H](C(C)(C)CO)C3)c(OC(F)F)c2)n1. The molecule has 0 aliphatic carbocycles. The first kappa shape index (κ1) is 24.4. The van der Waals surface area contributed by atoms with Crippen LogP contribution in [-0.2, 0) is 6.54 Å². The second-order valence-corrected chi connectivity index (χ2v) is 9.85. The lowest BCUT2D eigenvalue weighted by atomic mass is 9.75. The van der Waals surface area contributed by atoms with Gasteiger partial charge in [-0.05, 0) is 61.4 Å². The predicted octanol–water partition coefficient (Wildman–Crippen LogP) is 5.68. The molecule has 0 spiro atoms. The summed E-state index contributed by atoms with van der Waals surface area (Å²) >= 11 is 0. The van der Waals surface area contributed by atoms with E-state index in [1.165, 1.54) is 0 Å². The molecule has 1 saturated heterocycles. The molecular formula is C27H33F2N3O2. The van der Waals surface area contributed by atoms with Crippen LogP contribution in [-0.4, -0.2) is 46.1 Å². The molecule has 7 heteroatoms. The molecule has 182 valence electrons. The quantitative estimate of drug-likeness (QED) is 0.461. The summed E-state index contributed by atoms with van der Waals surface area (Å²) in [4.78, 5) is 2.27. The number of ether oxygens (including phenoxy) is 1. The van der Waals surface area contributed by atoms with Gasteiger partial charge in [0, 0.05) is 37.0 Å². The Kier molecular flexibility index (Phi) is 7.33. The Labute approximate surface area is 200 Å². The van der Waals surface area contributed by atoms with E-state index in [-0.39, 0.29) is 17.8 Å². The molecule has 0 radical (unpaired) electrons. The van der Waals surface area contributed by atoms with Crippen molar-refractivity contribution < 1.29 is 18.6 Å². The summed E-state index contributed by atoms with van der Waals surface area (Å²) in [6, 6.07) is 15.3. The topological polar surface area (TPSA) is 50.5 Å². The average Bonchev–Trinajstić information content (AvgIpc) is 3.30. The Morgan fingerprint density at radius 1 is 1.18 bits per heavy atom. The van der Waals surface area contributed by atoms with Crippen LogP contribution in [0.4, 0.5) is 8.78 Å². The molecule has 0 saturated carbocycles. The number of aromatic nitrogens is 2. The van der Waals surface area contributed by atoms with Gasteiger partial charge in [0.2, 0.25) is 0 Å². The van der Waals surface area contributed by atoms with Gasteiger partial charge in [0.15, 0.2) is 0 Å². The fourth-order valence-electron chi connectivity index (χ4n) is 4.69. The maximum atomic E-state index is 13.3. The number of halogens is 2. The first-order chi connectivity index (χ1) is 16.3. The molecule has 0 bridgehead atoms. The van der Waals surface area contributed by atoms with Crippen molar-refractivity contribution in [3.05, 3.63) is 65.9 Å². The molecule has 1 aliphatic heterocycles. The molecule has 3 aromatic rings. The smallest absolute Gasteiger partial charge is 0.387 e. The van der Waals surface area contributed by atoms with Gasteiger partial charge >= 0.3 is 6.61 Å². The van der Waals surface area contributed by atoms with Gasteiger partial charge in [-0.2, -0.15) is 13.9 Å². The van der Waals surface area contributed by atoms with Crippen LogP contribution in [0.1, 0.15) is 37.8 Å². The van der Waals surface area contributed by atoms with Crippen LogP contribution in [0.25, 0.3) is 16.9 Å². The summed E-state index contributed by atoms with van der Waals surface area (Å²) in [6.45, 7) is 5.66. The summed E-state index contributed by atoms with van der Waals surface area (Å²) in [5.74, 6) is 0.539. The molecule has 1 N–H and O–H groups in total. The van der Waals surface area contributed by atoms with E-state index in [0.29, 0.717) is 18.2 Å². The number of benzene rings is 2. The molecule has 34 heavy (non-hydrogen) atoms. The third-order valence-electron chi connectivity index (χ3n) is 6.94. The number of aryl methyl sites for hydroxylation is 1. The molecule has 1 fully saturated rings. The normalized spacial score (nSPS) is 17.3. The fourth-order valence-corrected chi connectivity index (χ4v) is 4.69. The molecule has 5 nitrogen and oxygen atoms in total. The number of rotatable bonds is 8. The number of alkyl halides is 2. The highest BCUT2D eigenvalue weighted by Crippen LogP contribution is 2.35. The van der Waals surface area contributed by atoms with Crippen LogP contribution in [0.3, 0.4) is 0 Å². The van der Waals surface area contributed by atoms with E-state index in [1.54, 1.807) is 10.7 Å². The second-order valence-electron chi connectivity index (χ2n) is 9.85. The number of aliphatic hydroxyl groups excluding tert-OH is 1. The Balaban J connectivity index is 1.57. The summed E-state index contributed by atoms with van der Waals surface area (Å²) in [5, 5.41) is 14.4. The molecule has 1 atom stereocenters. The maximum absolute atomic E-state index is 13.3. The molecular weight excluding hydrogens is 436 g/mol. The van der Waals surface area contributed by atoms with Gasteiger partial charge in [-0.3, -0.25) is 4.90 Å². The number of piperidine rings is 1. The number of hydrogen-bond donors (Lipinski definition) is 1. The molecule has 4 rings (SSSR count). The second kappa shape index (κ2) is 10.2. The Morgan fingerprint density at radius 3 is 2.71 bits per heavy atom. The minimum absolute atomic E-state index is 0.134. The third-order valence-corrected chi connectivity index (χ3v) is 6.94.